The average Bonchev–Trinajstić information content (AvgIpc) is 2.35. The molecule has 0 saturated heterocycles. The molecular weight excluding hydrogens is 299 g/mol. The van der Waals surface area contributed by atoms with Crippen molar-refractivity contribution in [2.24, 2.45) is 0 Å². The summed E-state index contributed by atoms with van der Waals surface area (Å²) in [7, 11) is 0. The summed E-state index contributed by atoms with van der Waals surface area (Å²) in [5.74, 6) is -0.103. The Labute approximate surface area is 111 Å². The van der Waals surface area contributed by atoms with E-state index in [4.69, 9.17) is 11.0 Å². The number of nitrogens with zero attached hydrogens (tertiary/aromatic N) is 2. The lowest BCUT2D eigenvalue weighted by atomic mass is 10.2. The molecule has 2 rings (SSSR count). The summed E-state index contributed by atoms with van der Waals surface area (Å²) >= 11 is 3.25. The molecule has 0 fully saturated rings. The predicted octanol–water partition coefficient (Wildman–Crippen LogP) is 3.18. The van der Waals surface area contributed by atoms with Gasteiger partial charge in [0.05, 0.1) is 11.3 Å². The Morgan fingerprint density at radius 3 is 2.83 bits per heavy atom. The Bertz CT molecular complexity index is 636. The highest BCUT2D eigenvalue weighted by Crippen LogP contribution is 2.24. The number of nitriles is 1. The molecule has 0 aliphatic rings. The van der Waals surface area contributed by atoms with Crippen LogP contribution in [-0.4, -0.2) is 4.98 Å². The third kappa shape index (κ3) is 2.57. The molecule has 0 radical (unpaired) electrons. The average molecular weight is 307 g/mol. The van der Waals surface area contributed by atoms with E-state index in [0.717, 1.165) is 4.47 Å². The number of anilines is 3. The van der Waals surface area contributed by atoms with Crippen LogP contribution in [0.5, 0.6) is 0 Å². The van der Waals surface area contributed by atoms with Crippen molar-refractivity contribution in [2.45, 2.75) is 0 Å². The number of halogens is 2. The Kier molecular flexibility index (Phi) is 3.44. The van der Waals surface area contributed by atoms with Gasteiger partial charge < -0.3 is 11.1 Å². The van der Waals surface area contributed by atoms with Crippen LogP contribution < -0.4 is 11.1 Å². The molecule has 1 aromatic carbocycles. The largest absolute Gasteiger partial charge is 0.396 e. The SMILES string of the molecule is N#Cc1cc(Nc2ncc(Br)cc2N)ccc1F. The number of hydrogen-bond donors (Lipinski definition) is 2. The summed E-state index contributed by atoms with van der Waals surface area (Å²) in [6.45, 7) is 0. The summed E-state index contributed by atoms with van der Waals surface area (Å²) in [4.78, 5) is 4.09. The van der Waals surface area contributed by atoms with E-state index in [1.165, 1.54) is 18.2 Å². The Hall–Kier alpha value is -2.13. The lowest BCUT2D eigenvalue weighted by Crippen LogP contribution is -1.99. The van der Waals surface area contributed by atoms with Gasteiger partial charge in [0.15, 0.2) is 5.82 Å². The van der Waals surface area contributed by atoms with E-state index >= 15 is 0 Å². The summed E-state index contributed by atoms with van der Waals surface area (Å²) in [5, 5.41) is 11.7. The van der Waals surface area contributed by atoms with Gasteiger partial charge in [0, 0.05) is 16.4 Å². The van der Waals surface area contributed by atoms with Crippen LogP contribution in [0.15, 0.2) is 34.9 Å². The molecule has 0 bridgehead atoms. The normalized spacial score (nSPS) is 9.83. The first-order valence-electron chi connectivity index (χ1n) is 4.98. The predicted molar refractivity (Wildman–Crippen MR) is 70.7 cm³/mol. The molecule has 0 atom stereocenters. The van der Waals surface area contributed by atoms with Crippen molar-refractivity contribution in [3.8, 4) is 6.07 Å². The first-order chi connectivity index (χ1) is 8.60. The van der Waals surface area contributed by atoms with Gasteiger partial charge in [0.25, 0.3) is 0 Å². The van der Waals surface area contributed by atoms with Gasteiger partial charge in [-0.1, -0.05) is 0 Å². The molecule has 2 aromatic rings. The van der Waals surface area contributed by atoms with E-state index in [9.17, 15) is 4.39 Å². The van der Waals surface area contributed by atoms with Crippen LogP contribution in [0.1, 0.15) is 5.56 Å². The van der Waals surface area contributed by atoms with E-state index in [2.05, 4.69) is 26.2 Å². The topological polar surface area (TPSA) is 74.7 Å². The number of nitrogens with one attached hydrogen (secondary N) is 1. The minimum absolute atomic E-state index is 0.0318. The molecule has 4 nitrogen and oxygen atoms in total. The first-order valence-corrected chi connectivity index (χ1v) is 5.77. The Balaban J connectivity index is 2.32. The maximum absolute atomic E-state index is 13.1. The van der Waals surface area contributed by atoms with Gasteiger partial charge in [-0.05, 0) is 40.2 Å². The number of nitrogens with two attached hydrogens (primary N) is 1. The molecule has 0 aliphatic heterocycles. The zero-order chi connectivity index (χ0) is 13.1. The highest BCUT2D eigenvalue weighted by molar-refractivity contribution is 9.10. The number of aromatic nitrogens is 1. The van der Waals surface area contributed by atoms with Crippen molar-refractivity contribution < 1.29 is 4.39 Å². The van der Waals surface area contributed by atoms with Crippen molar-refractivity contribution in [1.29, 1.82) is 5.26 Å². The molecule has 1 heterocycles. The second kappa shape index (κ2) is 5.02. The van der Waals surface area contributed by atoms with Crippen LogP contribution in [-0.2, 0) is 0 Å². The molecule has 1 aromatic heterocycles. The van der Waals surface area contributed by atoms with Gasteiger partial charge >= 0.3 is 0 Å². The molecule has 6 heteroatoms. The number of benzene rings is 1. The van der Waals surface area contributed by atoms with Gasteiger partial charge in [-0.25, -0.2) is 9.37 Å². The molecule has 0 amide bonds. The molecule has 18 heavy (non-hydrogen) atoms. The first kappa shape index (κ1) is 12.3. The fraction of sp³-hybridized carbons (Fsp3) is 0. The number of pyridine rings is 1. The fourth-order valence-electron chi connectivity index (χ4n) is 1.38. The van der Waals surface area contributed by atoms with E-state index in [0.29, 0.717) is 17.2 Å². The summed E-state index contributed by atoms with van der Waals surface area (Å²) in [6.07, 6.45) is 1.59. The van der Waals surface area contributed by atoms with Crippen LogP contribution in [0.4, 0.5) is 21.6 Å². The van der Waals surface area contributed by atoms with Crippen LogP contribution in [0.3, 0.4) is 0 Å². The highest BCUT2D eigenvalue weighted by atomic mass is 79.9. The van der Waals surface area contributed by atoms with Gasteiger partial charge in [0.1, 0.15) is 11.9 Å². The van der Waals surface area contributed by atoms with Crippen molar-refractivity contribution in [3.63, 3.8) is 0 Å². The second-order valence-corrected chi connectivity index (χ2v) is 4.44. The van der Waals surface area contributed by atoms with E-state index < -0.39 is 5.82 Å². The summed E-state index contributed by atoms with van der Waals surface area (Å²) in [6, 6.07) is 7.60. The van der Waals surface area contributed by atoms with Gasteiger partial charge in [-0.15, -0.1) is 0 Å². The smallest absolute Gasteiger partial charge is 0.153 e. The molecule has 3 N–H and O–H groups in total. The maximum atomic E-state index is 13.1. The van der Waals surface area contributed by atoms with Crippen LogP contribution in [0.2, 0.25) is 0 Å². The minimum Gasteiger partial charge on any atom is -0.396 e. The number of hydrogen-bond acceptors (Lipinski definition) is 4. The van der Waals surface area contributed by atoms with E-state index in [-0.39, 0.29) is 5.56 Å². The summed E-state index contributed by atoms with van der Waals surface area (Å²) in [5.41, 5.74) is 6.75. The monoisotopic (exact) mass is 306 g/mol. The van der Waals surface area contributed by atoms with Crippen molar-refractivity contribution >= 4 is 33.1 Å². The van der Waals surface area contributed by atoms with Gasteiger partial charge in [0.2, 0.25) is 0 Å². The molecule has 0 saturated carbocycles. The van der Waals surface area contributed by atoms with Gasteiger partial charge in [-0.3, -0.25) is 0 Å². The lowest BCUT2D eigenvalue weighted by molar-refractivity contribution is 0.624. The Morgan fingerprint density at radius 2 is 2.17 bits per heavy atom. The van der Waals surface area contributed by atoms with Crippen LogP contribution in [0.25, 0.3) is 0 Å². The third-order valence-electron chi connectivity index (χ3n) is 2.23. The van der Waals surface area contributed by atoms with E-state index in [1.807, 2.05) is 0 Å². The molecule has 0 spiro atoms. The minimum atomic E-state index is -0.556. The lowest BCUT2D eigenvalue weighted by Gasteiger charge is -2.08. The maximum Gasteiger partial charge on any atom is 0.153 e. The molecule has 0 aliphatic carbocycles. The zero-order valence-electron chi connectivity index (χ0n) is 9.11. The standard InChI is InChI=1S/C12H8BrFN4/c13-8-4-11(16)12(17-6-8)18-9-1-2-10(14)7(3-9)5-15/h1-4,6H,16H2,(H,17,18). The molecule has 0 unspecified atom stereocenters. The van der Waals surface area contributed by atoms with Crippen LogP contribution in [0, 0.1) is 17.1 Å². The quantitative estimate of drug-likeness (QED) is 0.893. The molecular formula is C12H8BrFN4. The van der Waals surface area contributed by atoms with Crippen molar-refractivity contribution in [2.75, 3.05) is 11.1 Å². The van der Waals surface area contributed by atoms with Crippen LogP contribution >= 0.6 is 15.9 Å². The molecule has 90 valence electrons. The zero-order valence-corrected chi connectivity index (χ0v) is 10.7. The second-order valence-electron chi connectivity index (χ2n) is 3.52. The van der Waals surface area contributed by atoms with Gasteiger partial charge in [-0.2, -0.15) is 5.26 Å². The fourth-order valence-corrected chi connectivity index (χ4v) is 1.73. The Morgan fingerprint density at radius 1 is 1.39 bits per heavy atom. The summed E-state index contributed by atoms with van der Waals surface area (Å²) < 4.78 is 13.9. The van der Waals surface area contributed by atoms with E-state index in [1.54, 1.807) is 18.3 Å². The number of rotatable bonds is 2. The van der Waals surface area contributed by atoms with Crippen molar-refractivity contribution in [3.05, 3.63) is 46.3 Å². The number of nitrogen functional groups attached to an aromatic ring is 1. The highest BCUT2D eigenvalue weighted by Gasteiger charge is 2.05. The van der Waals surface area contributed by atoms with Crippen molar-refractivity contribution in [1.82, 2.24) is 4.98 Å². The third-order valence-corrected chi connectivity index (χ3v) is 2.67.